The minimum absolute atomic E-state index is 0. The highest BCUT2D eigenvalue weighted by Gasteiger charge is 2.46. The van der Waals surface area contributed by atoms with E-state index in [-0.39, 0.29) is 40.0 Å². The van der Waals surface area contributed by atoms with Crippen molar-refractivity contribution in [1.82, 2.24) is 0 Å². The maximum atomic E-state index is 11.2. The van der Waals surface area contributed by atoms with Gasteiger partial charge in [0.15, 0.2) is 12.3 Å². The SMILES string of the molecule is CN(C)c1ccc(C2=CC3=[N+](CCO2)c2ccc([N+](=O)[O-])cc2C3(C)C)cc1.[I-]. The molecule has 2 aromatic carbocycles. The first kappa shape index (κ1) is 21.3. The molecule has 0 amide bonds. The number of non-ortho nitro benzene ring substituents is 1. The summed E-state index contributed by atoms with van der Waals surface area (Å²) < 4.78 is 8.30. The van der Waals surface area contributed by atoms with E-state index >= 15 is 0 Å². The molecule has 0 saturated carbocycles. The predicted octanol–water partition coefficient (Wildman–Crippen LogP) is 1.11. The van der Waals surface area contributed by atoms with Crippen molar-refractivity contribution in [2.24, 2.45) is 0 Å². The fourth-order valence-electron chi connectivity index (χ4n) is 3.98. The van der Waals surface area contributed by atoms with E-state index in [9.17, 15) is 10.1 Å². The Morgan fingerprint density at radius 2 is 1.83 bits per heavy atom. The minimum Gasteiger partial charge on any atom is -1.00 e. The number of nitro benzene ring substituents is 1. The molecule has 6 nitrogen and oxygen atoms in total. The molecule has 2 aromatic rings. The van der Waals surface area contributed by atoms with Gasteiger partial charge in [0, 0.05) is 55.2 Å². The first-order valence-corrected chi connectivity index (χ1v) is 9.35. The van der Waals surface area contributed by atoms with Crippen LogP contribution < -0.4 is 28.9 Å². The molecule has 0 N–H and O–H groups in total. The molecule has 7 heteroatoms. The summed E-state index contributed by atoms with van der Waals surface area (Å²) >= 11 is 0. The van der Waals surface area contributed by atoms with Crippen LogP contribution in [-0.2, 0) is 10.2 Å². The minimum atomic E-state index is -0.343. The van der Waals surface area contributed by atoms with Crippen molar-refractivity contribution in [3.63, 3.8) is 0 Å². The average molecular weight is 505 g/mol. The number of rotatable bonds is 3. The van der Waals surface area contributed by atoms with Crippen LogP contribution in [-0.4, -0.2) is 42.5 Å². The van der Waals surface area contributed by atoms with E-state index in [1.807, 2.05) is 20.2 Å². The number of ether oxygens (including phenoxy) is 1. The predicted molar refractivity (Wildman–Crippen MR) is 111 cm³/mol. The molecule has 0 spiro atoms. The van der Waals surface area contributed by atoms with Crippen molar-refractivity contribution in [3.05, 3.63) is 69.8 Å². The summed E-state index contributed by atoms with van der Waals surface area (Å²) in [5.74, 6) is 0.832. The monoisotopic (exact) mass is 505 g/mol. The molecule has 29 heavy (non-hydrogen) atoms. The summed E-state index contributed by atoms with van der Waals surface area (Å²) in [6.07, 6.45) is 2.09. The van der Waals surface area contributed by atoms with Gasteiger partial charge in [-0.05, 0) is 38.1 Å². The number of nitro groups is 1. The molecule has 0 aromatic heterocycles. The molecule has 2 aliphatic rings. The number of fused-ring (bicyclic) bond motifs is 2. The maximum Gasteiger partial charge on any atom is 0.270 e. The lowest BCUT2D eigenvalue weighted by Crippen LogP contribution is -3.00. The summed E-state index contributed by atoms with van der Waals surface area (Å²) in [6.45, 7) is 5.48. The molecule has 0 atom stereocenters. The van der Waals surface area contributed by atoms with Gasteiger partial charge in [-0.2, -0.15) is 4.58 Å². The largest absolute Gasteiger partial charge is 1.00 e. The molecule has 0 unspecified atom stereocenters. The van der Waals surface area contributed by atoms with E-state index < -0.39 is 0 Å². The van der Waals surface area contributed by atoms with Crippen molar-refractivity contribution < 1.29 is 38.2 Å². The van der Waals surface area contributed by atoms with Gasteiger partial charge in [0.2, 0.25) is 5.69 Å². The molecule has 0 aliphatic carbocycles. The van der Waals surface area contributed by atoms with Crippen LogP contribution in [0.4, 0.5) is 17.1 Å². The Bertz CT molecular complexity index is 1020. The number of anilines is 1. The second kappa shape index (κ2) is 7.78. The molecular formula is C22H24IN3O3. The van der Waals surface area contributed by atoms with Crippen LogP contribution in [0.2, 0.25) is 0 Å². The van der Waals surface area contributed by atoms with Gasteiger partial charge in [-0.3, -0.25) is 10.1 Å². The van der Waals surface area contributed by atoms with Crippen LogP contribution in [0.1, 0.15) is 25.0 Å². The van der Waals surface area contributed by atoms with E-state index in [0.717, 1.165) is 34.0 Å². The van der Waals surface area contributed by atoms with E-state index in [0.29, 0.717) is 13.2 Å². The summed E-state index contributed by atoms with van der Waals surface area (Å²) in [6, 6.07) is 13.4. The van der Waals surface area contributed by atoms with Gasteiger partial charge in [0.05, 0.1) is 10.3 Å². The van der Waals surface area contributed by atoms with Crippen molar-refractivity contribution in [1.29, 1.82) is 0 Å². The average Bonchev–Trinajstić information content (AvgIpc) is 2.83. The molecule has 2 aliphatic heterocycles. The summed E-state index contributed by atoms with van der Waals surface area (Å²) in [4.78, 5) is 13.0. The third-order valence-electron chi connectivity index (χ3n) is 5.59. The second-order valence-corrected chi connectivity index (χ2v) is 7.92. The first-order valence-electron chi connectivity index (χ1n) is 9.35. The van der Waals surface area contributed by atoms with Crippen LogP contribution in [0.15, 0.2) is 48.5 Å². The van der Waals surface area contributed by atoms with Gasteiger partial charge in [0.25, 0.3) is 5.69 Å². The van der Waals surface area contributed by atoms with Crippen LogP contribution in [0.3, 0.4) is 0 Å². The summed E-state index contributed by atoms with van der Waals surface area (Å²) in [5, 5.41) is 11.2. The number of nitrogens with zero attached hydrogens (tertiary/aromatic N) is 3. The second-order valence-electron chi connectivity index (χ2n) is 7.92. The van der Waals surface area contributed by atoms with E-state index in [2.05, 4.69) is 53.7 Å². The van der Waals surface area contributed by atoms with Gasteiger partial charge in [-0.15, -0.1) is 0 Å². The molecule has 4 rings (SSSR count). The van der Waals surface area contributed by atoms with Crippen LogP contribution in [0.25, 0.3) is 5.76 Å². The Morgan fingerprint density at radius 3 is 2.45 bits per heavy atom. The fraction of sp³-hybridized carbons (Fsp3) is 0.318. The van der Waals surface area contributed by atoms with E-state index in [1.165, 1.54) is 0 Å². The molecule has 152 valence electrons. The third kappa shape index (κ3) is 3.63. The molecule has 2 heterocycles. The summed E-state index contributed by atoms with van der Waals surface area (Å²) in [5.41, 5.74) is 5.05. The van der Waals surface area contributed by atoms with Crippen LogP contribution >= 0.6 is 0 Å². The number of hydrogen-bond acceptors (Lipinski definition) is 4. The highest BCUT2D eigenvalue weighted by atomic mass is 127. The lowest BCUT2D eigenvalue weighted by atomic mass is 9.81. The lowest BCUT2D eigenvalue weighted by Gasteiger charge is -2.16. The number of hydrogen-bond donors (Lipinski definition) is 0. The van der Waals surface area contributed by atoms with Gasteiger partial charge in [0.1, 0.15) is 12.4 Å². The Kier molecular flexibility index (Phi) is 5.71. The van der Waals surface area contributed by atoms with Crippen molar-refractivity contribution >= 4 is 28.5 Å². The van der Waals surface area contributed by atoms with Crippen molar-refractivity contribution in [2.45, 2.75) is 19.3 Å². The Labute approximate surface area is 187 Å². The number of halogens is 1. The highest BCUT2D eigenvalue weighted by molar-refractivity contribution is 6.06. The van der Waals surface area contributed by atoms with Gasteiger partial charge in [-0.1, -0.05) is 0 Å². The lowest BCUT2D eigenvalue weighted by molar-refractivity contribution is -0.439. The molecule has 0 saturated heterocycles. The van der Waals surface area contributed by atoms with Gasteiger partial charge >= 0.3 is 0 Å². The highest BCUT2D eigenvalue weighted by Crippen LogP contribution is 2.43. The topological polar surface area (TPSA) is 58.6 Å². The smallest absolute Gasteiger partial charge is 0.270 e. The van der Waals surface area contributed by atoms with Crippen LogP contribution in [0, 0.1) is 10.1 Å². The number of benzene rings is 2. The van der Waals surface area contributed by atoms with E-state index in [1.54, 1.807) is 12.1 Å². The molecule has 0 fully saturated rings. The van der Waals surface area contributed by atoms with Crippen LogP contribution in [0.5, 0.6) is 0 Å². The van der Waals surface area contributed by atoms with Gasteiger partial charge in [-0.25, -0.2) is 0 Å². The third-order valence-corrected chi connectivity index (χ3v) is 5.59. The maximum absolute atomic E-state index is 11.2. The Hall–Kier alpha value is -2.42. The fourth-order valence-corrected chi connectivity index (χ4v) is 3.98. The Balaban J connectivity index is 0.00000240. The van der Waals surface area contributed by atoms with Crippen molar-refractivity contribution in [2.75, 3.05) is 32.1 Å². The van der Waals surface area contributed by atoms with E-state index in [4.69, 9.17) is 4.74 Å². The first-order chi connectivity index (χ1) is 13.3. The summed E-state index contributed by atoms with van der Waals surface area (Å²) in [7, 11) is 4.03. The molecular weight excluding hydrogens is 481 g/mol. The number of allylic oxidation sites excluding steroid dienone is 1. The molecule has 0 bridgehead atoms. The zero-order valence-corrected chi connectivity index (χ0v) is 19.1. The normalized spacial score (nSPS) is 16.6. The molecule has 0 radical (unpaired) electrons. The van der Waals surface area contributed by atoms with Gasteiger partial charge < -0.3 is 33.6 Å². The van der Waals surface area contributed by atoms with Crippen molar-refractivity contribution in [3.8, 4) is 0 Å². The zero-order valence-electron chi connectivity index (χ0n) is 17.0. The quantitative estimate of drug-likeness (QED) is 0.272. The Morgan fingerprint density at radius 1 is 1.14 bits per heavy atom. The standard InChI is InChI=1S/C22H24N3O3.HI/c1-22(2)18-13-17(25(26)27)9-10-19(18)24-11-12-28-20(14-21(22)24)15-5-7-16(8-6-15)23(3)4;/h5-10,13-14H,11-12H2,1-4H3;1H/q+1;/p-1. The zero-order chi connectivity index (χ0) is 20.1.